The molecule has 0 bridgehead atoms. The van der Waals surface area contributed by atoms with E-state index in [0.29, 0.717) is 0 Å². The molecule has 1 nitrogen and oxygen atoms in total. The minimum Gasteiger partial charge on any atom is -0.285 e. The summed E-state index contributed by atoms with van der Waals surface area (Å²) in [4.78, 5) is 10.4. The zero-order valence-corrected chi connectivity index (χ0v) is 7.44. The van der Waals surface area contributed by atoms with Gasteiger partial charge in [-0.1, -0.05) is 32.1 Å². The van der Waals surface area contributed by atoms with Crippen LogP contribution < -0.4 is 0 Å². The number of ketones is 1. The normalized spacial score (nSPS) is 8.55. The van der Waals surface area contributed by atoms with Gasteiger partial charge in [0.25, 0.3) is 0 Å². The molecule has 0 aromatic heterocycles. The van der Waals surface area contributed by atoms with Crippen molar-refractivity contribution in [1.29, 1.82) is 0 Å². The van der Waals surface area contributed by atoms with Crippen LogP contribution in [0.4, 0.5) is 0 Å². The Kier molecular flexibility index (Phi) is 6.82. The molecule has 0 aliphatic carbocycles. The predicted molar refractivity (Wildman–Crippen MR) is 47.2 cm³/mol. The van der Waals surface area contributed by atoms with Crippen LogP contribution in [0.1, 0.15) is 46.0 Å². The van der Waals surface area contributed by atoms with E-state index in [9.17, 15) is 4.79 Å². The second-order valence-electron chi connectivity index (χ2n) is 2.67. The van der Waals surface area contributed by atoms with E-state index < -0.39 is 0 Å². The van der Waals surface area contributed by atoms with E-state index in [2.05, 4.69) is 18.8 Å². The molecule has 0 N–H and O–H groups in total. The molecule has 0 unspecified atom stereocenters. The molecule has 0 aromatic rings. The summed E-state index contributed by atoms with van der Waals surface area (Å²) in [5.74, 6) is 5.35. The average molecular weight is 152 g/mol. The molecular weight excluding hydrogens is 136 g/mol. The third-order valence-electron chi connectivity index (χ3n) is 1.42. The molecule has 0 aliphatic rings. The minimum absolute atomic E-state index is 0.0273. The maximum atomic E-state index is 10.4. The molecule has 0 heterocycles. The molecule has 0 aliphatic heterocycles. The van der Waals surface area contributed by atoms with Crippen LogP contribution in [0.25, 0.3) is 0 Å². The predicted octanol–water partition coefficient (Wildman–Crippen LogP) is 2.55. The van der Waals surface area contributed by atoms with E-state index in [0.717, 1.165) is 12.8 Å². The lowest BCUT2D eigenvalue weighted by atomic mass is 10.1. The fraction of sp³-hybridized carbons (Fsp3) is 0.700. The highest BCUT2D eigenvalue weighted by Crippen LogP contribution is 2.00. The zero-order valence-electron chi connectivity index (χ0n) is 7.44. The Morgan fingerprint density at radius 2 is 2.00 bits per heavy atom. The molecule has 0 radical (unpaired) electrons. The monoisotopic (exact) mass is 152 g/mol. The Bertz CT molecular complexity index is 159. The molecule has 0 amide bonds. The van der Waals surface area contributed by atoms with Gasteiger partial charge < -0.3 is 0 Å². The van der Waals surface area contributed by atoms with Gasteiger partial charge in [0.05, 0.1) is 0 Å². The standard InChI is InChI=1S/C10H16O/c1-3-4-5-6-7-8-9-10(2)11/h3-7H2,1-2H3. The number of hydrogen-bond acceptors (Lipinski definition) is 1. The van der Waals surface area contributed by atoms with Crippen molar-refractivity contribution in [1.82, 2.24) is 0 Å². The maximum absolute atomic E-state index is 10.4. The molecule has 1 heteroatoms. The van der Waals surface area contributed by atoms with Crippen molar-refractivity contribution >= 4 is 5.78 Å². The molecule has 11 heavy (non-hydrogen) atoms. The lowest BCUT2D eigenvalue weighted by molar-refractivity contribution is -0.111. The van der Waals surface area contributed by atoms with Crippen LogP contribution in [-0.4, -0.2) is 5.78 Å². The molecule has 0 rings (SSSR count). The molecule has 62 valence electrons. The van der Waals surface area contributed by atoms with Crippen molar-refractivity contribution in [3.05, 3.63) is 0 Å². The van der Waals surface area contributed by atoms with Crippen LogP contribution in [-0.2, 0) is 4.79 Å². The van der Waals surface area contributed by atoms with Gasteiger partial charge in [0, 0.05) is 13.3 Å². The quantitative estimate of drug-likeness (QED) is 0.344. The van der Waals surface area contributed by atoms with Crippen LogP contribution in [0, 0.1) is 11.8 Å². The van der Waals surface area contributed by atoms with E-state index in [1.54, 1.807) is 0 Å². The summed E-state index contributed by atoms with van der Waals surface area (Å²) in [5, 5.41) is 0. The van der Waals surface area contributed by atoms with E-state index in [4.69, 9.17) is 0 Å². The number of Topliss-reactive ketones (excluding diaryl/α,β-unsaturated/α-hetero) is 1. The third kappa shape index (κ3) is 9.23. The fourth-order valence-electron chi connectivity index (χ4n) is 0.827. The van der Waals surface area contributed by atoms with Gasteiger partial charge >= 0.3 is 0 Å². The highest BCUT2D eigenvalue weighted by molar-refractivity contribution is 5.93. The van der Waals surface area contributed by atoms with Crippen molar-refractivity contribution < 1.29 is 4.79 Å². The number of carbonyl (C=O) groups excluding carboxylic acids is 1. The summed E-state index contributed by atoms with van der Waals surface area (Å²) in [6, 6.07) is 0. The first-order chi connectivity index (χ1) is 5.27. The van der Waals surface area contributed by atoms with E-state index in [-0.39, 0.29) is 5.78 Å². The highest BCUT2D eigenvalue weighted by Gasteiger charge is 1.84. The largest absolute Gasteiger partial charge is 0.285 e. The Labute approximate surface area is 69.2 Å². The SMILES string of the molecule is CCCCCCC#CC(C)=O. The van der Waals surface area contributed by atoms with Crippen molar-refractivity contribution in [3.63, 3.8) is 0 Å². The summed E-state index contributed by atoms with van der Waals surface area (Å²) >= 11 is 0. The Balaban J connectivity index is 3.15. The Morgan fingerprint density at radius 1 is 1.27 bits per heavy atom. The van der Waals surface area contributed by atoms with Gasteiger partial charge in [-0.3, -0.25) is 4.79 Å². The molecule has 0 aromatic carbocycles. The molecule has 0 spiro atoms. The molecule has 0 atom stereocenters. The van der Waals surface area contributed by atoms with E-state index >= 15 is 0 Å². The van der Waals surface area contributed by atoms with Gasteiger partial charge in [-0.25, -0.2) is 0 Å². The van der Waals surface area contributed by atoms with Crippen LogP contribution in [0.15, 0.2) is 0 Å². The van der Waals surface area contributed by atoms with Crippen molar-refractivity contribution in [3.8, 4) is 11.8 Å². The summed E-state index contributed by atoms with van der Waals surface area (Å²) in [7, 11) is 0. The van der Waals surface area contributed by atoms with Crippen LogP contribution in [0.3, 0.4) is 0 Å². The van der Waals surface area contributed by atoms with Gasteiger partial charge in [-0.15, -0.1) is 0 Å². The summed E-state index contributed by atoms with van der Waals surface area (Å²) < 4.78 is 0. The van der Waals surface area contributed by atoms with Gasteiger partial charge in [0.1, 0.15) is 0 Å². The summed E-state index contributed by atoms with van der Waals surface area (Å²) in [5.41, 5.74) is 0. The van der Waals surface area contributed by atoms with E-state index in [1.807, 2.05) is 0 Å². The molecule has 0 fully saturated rings. The Morgan fingerprint density at radius 3 is 2.55 bits per heavy atom. The zero-order chi connectivity index (χ0) is 8.53. The average Bonchev–Trinajstić information content (AvgIpc) is 1.96. The summed E-state index contributed by atoms with van der Waals surface area (Å²) in [6.45, 7) is 3.68. The summed E-state index contributed by atoms with van der Waals surface area (Å²) in [6.07, 6.45) is 5.78. The topological polar surface area (TPSA) is 17.1 Å². The lowest BCUT2D eigenvalue weighted by Crippen LogP contribution is -1.80. The van der Waals surface area contributed by atoms with Crippen molar-refractivity contribution in [2.24, 2.45) is 0 Å². The van der Waals surface area contributed by atoms with Crippen LogP contribution >= 0.6 is 0 Å². The number of unbranched alkanes of at least 4 members (excludes halogenated alkanes) is 4. The first-order valence-electron chi connectivity index (χ1n) is 4.26. The van der Waals surface area contributed by atoms with Crippen LogP contribution in [0.5, 0.6) is 0 Å². The molecule has 0 saturated carbocycles. The third-order valence-corrected chi connectivity index (χ3v) is 1.42. The van der Waals surface area contributed by atoms with Gasteiger partial charge in [0.15, 0.2) is 0 Å². The second kappa shape index (κ2) is 7.34. The van der Waals surface area contributed by atoms with Crippen LogP contribution in [0.2, 0.25) is 0 Å². The van der Waals surface area contributed by atoms with Gasteiger partial charge in [0.2, 0.25) is 5.78 Å². The number of carbonyl (C=O) groups is 1. The fourth-order valence-corrected chi connectivity index (χ4v) is 0.827. The smallest absolute Gasteiger partial charge is 0.202 e. The number of rotatable bonds is 4. The second-order valence-corrected chi connectivity index (χ2v) is 2.67. The minimum atomic E-state index is -0.0273. The van der Waals surface area contributed by atoms with E-state index in [1.165, 1.54) is 26.2 Å². The molecular formula is C10H16O. The molecule has 0 saturated heterocycles. The highest BCUT2D eigenvalue weighted by atomic mass is 16.1. The first-order valence-corrected chi connectivity index (χ1v) is 4.26. The maximum Gasteiger partial charge on any atom is 0.202 e. The Hall–Kier alpha value is -0.770. The van der Waals surface area contributed by atoms with Gasteiger partial charge in [-0.05, 0) is 12.3 Å². The van der Waals surface area contributed by atoms with Gasteiger partial charge in [-0.2, -0.15) is 0 Å². The number of hydrogen-bond donors (Lipinski definition) is 0. The first kappa shape index (κ1) is 10.2. The lowest BCUT2D eigenvalue weighted by Gasteiger charge is -1.91. The van der Waals surface area contributed by atoms with Crippen molar-refractivity contribution in [2.75, 3.05) is 0 Å². The van der Waals surface area contributed by atoms with Crippen molar-refractivity contribution in [2.45, 2.75) is 46.0 Å².